The summed E-state index contributed by atoms with van der Waals surface area (Å²) in [5.74, 6) is 0.140. The molecule has 7 nitrogen and oxygen atoms in total. The van der Waals surface area contributed by atoms with Crippen molar-refractivity contribution >= 4 is 11.7 Å². The van der Waals surface area contributed by atoms with E-state index >= 15 is 0 Å². The van der Waals surface area contributed by atoms with E-state index in [9.17, 15) is 14.9 Å². The summed E-state index contributed by atoms with van der Waals surface area (Å²) in [7, 11) is 0. The van der Waals surface area contributed by atoms with Gasteiger partial charge in [0.05, 0.1) is 0 Å². The van der Waals surface area contributed by atoms with Crippen LogP contribution in [-0.2, 0) is 0 Å². The highest BCUT2D eigenvalue weighted by atomic mass is 16.6. The second kappa shape index (κ2) is 5.18. The minimum Gasteiger partial charge on any atom is -0.358 e. The molecule has 7 heteroatoms. The van der Waals surface area contributed by atoms with Gasteiger partial charge in [-0.2, -0.15) is 0 Å². The number of hydrogen-bond acceptors (Lipinski definition) is 4. The number of aromatic nitrogens is 1. The second-order valence-corrected chi connectivity index (χ2v) is 4.49. The molecular formula is C11H16N4O3. The average molecular weight is 252 g/mol. The Kier molecular flexibility index (Phi) is 3.61. The first-order valence-electron chi connectivity index (χ1n) is 5.94. The maximum Gasteiger partial charge on any atom is 0.321 e. The van der Waals surface area contributed by atoms with E-state index in [2.05, 4.69) is 4.98 Å². The topological polar surface area (TPSA) is 105 Å². The Bertz CT molecular complexity index is 449. The average Bonchev–Trinajstić information content (AvgIpc) is 2.88. The third-order valence-corrected chi connectivity index (χ3v) is 3.33. The second-order valence-electron chi connectivity index (χ2n) is 4.49. The van der Waals surface area contributed by atoms with E-state index < -0.39 is 4.92 Å². The summed E-state index contributed by atoms with van der Waals surface area (Å²) in [6.45, 7) is 1.97. The Balaban J connectivity index is 2.01. The lowest BCUT2D eigenvalue weighted by Gasteiger charge is -2.30. The summed E-state index contributed by atoms with van der Waals surface area (Å²) in [4.78, 5) is 26.3. The van der Waals surface area contributed by atoms with E-state index in [1.165, 1.54) is 12.1 Å². The summed E-state index contributed by atoms with van der Waals surface area (Å²) in [5, 5.41) is 10.5. The Hall–Kier alpha value is -1.89. The normalized spacial score (nSPS) is 16.8. The van der Waals surface area contributed by atoms with Crippen LogP contribution in [0.2, 0.25) is 0 Å². The summed E-state index contributed by atoms with van der Waals surface area (Å²) in [5.41, 5.74) is 5.86. The molecule has 0 atom stereocenters. The molecule has 1 fully saturated rings. The van der Waals surface area contributed by atoms with Gasteiger partial charge in [0.1, 0.15) is 0 Å². The highest BCUT2D eigenvalue weighted by molar-refractivity contribution is 5.92. The van der Waals surface area contributed by atoms with Crippen molar-refractivity contribution in [2.24, 2.45) is 11.7 Å². The van der Waals surface area contributed by atoms with Gasteiger partial charge in [-0.05, 0) is 36.3 Å². The van der Waals surface area contributed by atoms with Crippen molar-refractivity contribution in [3.63, 3.8) is 0 Å². The molecule has 2 heterocycles. The molecule has 0 aliphatic carbocycles. The molecule has 1 aliphatic heterocycles. The Labute approximate surface area is 104 Å². The monoisotopic (exact) mass is 252 g/mol. The Morgan fingerprint density at radius 2 is 2.17 bits per heavy atom. The van der Waals surface area contributed by atoms with Gasteiger partial charge in [0.25, 0.3) is 5.91 Å². The summed E-state index contributed by atoms with van der Waals surface area (Å²) < 4.78 is 0. The molecule has 18 heavy (non-hydrogen) atoms. The van der Waals surface area contributed by atoms with E-state index in [1.807, 2.05) is 0 Å². The number of carbonyl (C=O) groups is 1. The zero-order chi connectivity index (χ0) is 13.1. The van der Waals surface area contributed by atoms with E-state index in [0.717, 1.165) is 12.8 Å². The lowest BCUT2D eigenvalue weighted by Crippen LogP contribution is -2.40. The number of rotatable bonds is 3. The number of likely N-dealkylation sites (tertiary alicyclic amines) is 1. The first kappa shape index (κ1) is 12.6. The highest BCUT2D eigenvalue weighted by Gasteiger charge is 2.25. The zero-order valence-electron chi connectivity index (χ0n) is 9.96. The van der Waals surface area contributed by atoms with Gasteiger partial charge in [-0.25, -0.2) is 4.98 Å². The molecule has 1 amide bonds. The van der Waals surface area contributed by atoms with Gasteiger partial charge in [-0.3, -0.25) is 4.79 Å². The van der Waals surface area contributed by atoms with Crippen LogP contribution in [0.5, 0.6) is 0 Å². The number of aromatic amines is 1. The van der Waals surface area contributed by atoms with Gasteiger partial charge in [0.2, 0.25) is 0 Å². The third kappa shape index (κ3) is 2.51. The molecule has 1 saturated heterocycles. The van der Waals surface area contributed by atoms with Crippen molar-refractivity contribution in [3.05, 3.63) is 27.9 Å². The fraction of sp³-hybridized carbons (Fsp3) is 0.545. The van der Waals surface area contributed by atoms with Gasteiger partial charge in [0.15, 0.2) is 5.69 Å². The first-order chi connectivity index (χ1) is 8.61. The molecule has 3 N–H and O–H groups in total. The maximum atomic E-state index is 12.1. The van der Waals surface area contributed by atoms with Crippen LogP contribution in [0.15, 0.2) is 12.1 Å². The SMILES string of the molecule is NCC1CCN(C(=O)c2ccc([N+](=O)[O-])[nH]2)CC1. The smallest absolute Gasteiger partial charge is 0.321 e. The van der Waals surface area contributed by atoms with Crippen molar-refractivity contribution in [2.45, 2.75) is 12.8 Å². The van der Waals surface area contributed by atoms with Gasteiger partial charge < -0.3 is 20.7 Å². The number of nitrogens with two attached hydrogens (primary N) is 1. The predicted molar refractivity (Wildman–Crippen MR) is 65.1 cm³/mol. The number of nitrogens with zero attached hydrogens (tertiary/aromatic N) is 2. The molecule has 2 rings (SSSR count). The van der Waals surface area contributed by atoms with Crippen LogP contribution in [0.3, 0.4) is 0 Å². The van der Waals surface area contributed by atoms with Crippen molar-refractivity contribution in [3.8, 4) is 0 Å². The highest BCUT2D eigenvalue weighted by Crippen LogP contribution is 2.19. The van der Waals surface area contributed by atoms with Crippen LogP contribution in [-0.4, -0.2) is 40.3 Å². The van der Waals surface area contributed by atoms with Gasteiger partial charge in [0, 0.05) is 19.2 Å². The van der Waals surface area contributed by atoms with Gasteiger partial charge >= 0.3 is 5.82 Å². The molecule has 0 radical (unpaired) electrons. The minimum absolute atomic E-state index is 0.157. The van der Waals surface area contributed by atoms with Crippen LogP contribution >= 0.6 is 0 Å². The summed E-state index contributed by atoms with van der Waals surface area (Å²) in [6.07, 6.45) is 1.79. The lowest BCUT2D eigenvalue weighted by molar-refractivity contribution is -0.389. The molecule has 0 saturated carbocycles. The molecule has 1 aromatic rings. The molecule has 0 aromatic carbocycles. The fourth-order valence-corrected chi connectivity index (χ4v) is 2.16. The predicted octanol–water partition coefficient (Wildman–Crippen LogP) is 0.734. The van der Waals surface area contributed by atoms with Crippen molar-refractivity contribution in [2.75, 3.05) is 19.6 Å². The van der Waals surface area contributed by atoms with E-state index in [0.29, 0.717) is 25.6 Å². The van der Waals surface area contributed by atoms with Crippen molar-refractivity contribution in [1.29, 1.82) is 0 Å². The van der Waals surface area contributed by atoms with Crippen molar-refractivity contribution in [1.82, 2.24) is 9.88 Å². The van der Waals surface area contributed by atoms with E-state index in [1.54, 1.807) is 4.90 Å². The lowest BCUT2D eigenvalue weighted by atomic mass is 9.97. The number of H-pyrrole nitrogens is 1. The molecular weight excluding hydrogens is 236 g/mol. The number of nitrogens with one attached hydrogen (secondary N) is 1. The number of amides is 1. The number of piperidine rings is 1. The molecule has 0 spiro atoms. The first-order valence-corrected chi connectivity index (χ1v) is 5.94. The molecule has 0 unspecified atom stereocenters. The number of nitro groups is 1. The van der Waals surface area contributed by atoms with Crippen LogP contribution in [0.1, 0.15) is 23.3 Å². The fourth-order valence-electron chi connectivity index (χ4n) is 2.16. The van der Waals surface area contributed by atoms with E-state index in [4.69, 9.17) is 5.73 Å². The Morgan fingerprint density at radius 1 is 1.50 bits per heavy atom. The number of carbonyl (C=O) groups excluding carboxylic acids is 1. The van der Waals surface area contributed by atoms with E-state index in [-0.39, 0.29) is 17.4 Å². The largest absolute Gasteiger partial charge is 0.358 e. The minimum atomic E-state index is -0.544. The van der Waals surface area contributed by atoms with Crippen LogP contribution in [0.4, 0.5) is 5.82 Å². The molecule has 1 aliphatic rings. The molecule has 98 valence electrons. The third-order valence-electron chi connectivity index (χ3n) is 3.33. The standard InChI is InChI=1S/C11H16N4O3/c12-7-8-3-5-14(6-4-8)11(16)9-1-2-10(13-9)15(17)18/h1-2,8,13H,3-7,12H2. The number of hydrogen-bond donors (Lipinski definition) is 2. The Morgan fingerprint density at radius 3 is 2.67 bits per heavy atom. The van der Waals surface area contributed by atoms with Gasteiger partial charge in [-0.15, -0.1) is 0 Å². The summed E-state index contributed by atoms with van der Waals surface area (Å²) in [6, 6.07) is 2.76. The van der Waals surface area contributed by atoms with Crippen LogP contribution in [0, 0.1) is 16.0 Å². The molecule has 0 bridgehead atoms. The van der Waals surface area contributed by atoms with Crippen LogP contribution < -0.4 is 5.73 Å². The maximum absolute atomic E-state index is 12.1. The quantitative estimate of drug-likeness (QED) is 0.611. The molecule has 1 aromatic heterocycles. The summed E-state index contributed by atoms with van der Waals surface area (Å²) >= 11 is 0. The van der Waals surface area contributed by atoms with Gasteiger partial charge in [-0.1, -0.05) is 0 Å². The van der Waals surface area contributed by atoms with Crippen molar-refractivity contribution < 1.29 is 9.72 Å². The van der Waals surface area contributed by atoms with Crippen LogP contribution in [0.25, 0.3) is 0 Å². The zero-order valence-corrected chi connectivity index (χ0v) is 9.96.